The van der Waals surface area contributed by atoms with Gasteiger partial charge in [-0.05, 0) is 37.3 Å². The van der Waals surface area contributed by atoms with Gasteiger partial charge in [-0.25, -0.2) is 0 Å². The van der Waals surface area contributed by atoms with Crippen molar-refractivity contribution in [3.8, 4) is 0 Å². The number of rotatable bonds is 4. The van der Waals surface area contributed by atoms with Crippen LogP contribution in [0.25, 0.3) is 0 Å². The van der Waals surface area contributed by atoms with Crippen LogP contribution in [0.2, 0.25) is 0 Å². The molecule has 0 atom stereocenters. The van der Waals surface area contributed by atoms with Gasteiger partial charge in [0.1, 0.15) is 0 Å². The van der Waals surface area contributed by atoms with E-state index >= 15 is 0 Å². The molecule has 0 bridgehead atoms. The van der Waals surface area contributed by atoms with Gasteiger partial charge in [-0.1, -0.05) is 18.2 Å². The van der Waals surface area contributed by atoms with Crippen molar-refractivity contribution in [2.45, 2.75) is 6.92 Å². The van der Waals surface area contributed by atoms with Crippen LogP contribution in [0.5, 0.6) is 0 Å². The van der Waals surface area contributed by atoms with E-state index < -0.39 is 0 Å². The van der Waals surface area contributed by atoms with Crippen molar-refractivity contribution in [2.75, 3.05) is 48.3 Å². The Kier molecular flexibility index (Phi) is 4.89. The van der Waals surface area contributed by atoms with Crippen LogP contribution in [0, 0.1) is 0 Å². The number of anilines is 3. The number of hydrogen-bond acceptors (Lipinski definition) is 4. The highest BCUT2D eigenvalue weighted by Crippen LogP contribution is 2.26. The van der Waals surface area contributed by atoms with Gasteiger partial charge < -0.3 is 20.9 Å². The molecule has 0 saturated carbocycles. The summed E-state index contributed by atoms with van der Waals surface area (Å²) in [4.78, 5) is 16.6. The van der Waals surface area contributed by atoms with E-state index in [4.69, 9.17) is 5.73 Å². The Balaban J connectivity index is 1.67. The molecular weight excluding hydrogens is 300 g/mol. The number of para-hydroxylation sites is 1. The molecule has 3 N–H and O–H groups in total. The van der Waals surface area contributed by atoms with Crippen molar-refractivity contribution in [3.05, 3.63) is 54.1 Å². The molecule has 1 aliphatic rings. The molecule has 1 fully saturated rings. The predicted octanol–water partition coefficient (Wildman–Crippen LogP) is 2.35. The summed E-state index contributed by atoms with van der Waals surface area (Å²) < 4.78 is 0. The van der Waals surface area contributed by atoms with Gasteiger partial charge in [0.2, 0.25) is 0 Å². The molecule has 5 nitrogen and oxygen atoms in total. The Labute approximate surface area is 143 Å². The number of piperazine rings is 1. The Morgan fingerprint density at radius 1 is 1.04 bits per heavy atom. The zero-order valence-electron chi connectivity index (χ0n) is 14.0. The lowest BCUT2D eigenvalue weighted by molar-refractivity contribution is 0.0956. The summed E-state index contributed by atoms with van der Waals surface area (Å²) in [5.74, 6) is -0.0790. The molecule has 0 unspecified atom stereocenters. The lowest BCUT2D eigenvalue weighted by atomic mass is 10.1. The Morgan fingerprint density at radius 2 is 1.71 bits per heavy atom. The van der Waals surface area contributed by atoms with E-state index in [-0.39, 0.29) is 5.91 Å². The third-order valence-electron chi connectivity index (χ3n) is 4.37. The summed E-state index contributed by atoms with van der Waals surface area (Å²) in [6.45, 7) is 6.27. The van der Waals surface area contributed by atoms with Crippen molar-refractivity contribution >= 4 is 23.0 Å². The molecule has 2 aromatic rings. The maximum Gasteiger partial charge on any atom is 0.251 e. The zero-order valence-corrected chi connectivity index (χ0v) is 14.0. The average Bonchev–Trinajstić information content (AvgIpc) is 2.63. The van der Waals surface area contributed by atoms with Crippen LogP contribution in [0.1, 0.15) is 17.3 Å². The fraction of sp³-hybridized carbons (Fsp3) is 0.316. The summed E-state index contributed by atoms with van der Waals surface area (Å²) in [5, 5.41) is 2.80. The van der Waals surface area contributed by atoms with Crippen molar-refractivity contribution in [3.63, 3.8) is 0 Å². The van der Waals surface area contributed by atoms with Gasteiger partial charge >= 0.3 is 0 Å². The molecule has 2 aromatic carbocycles. The maximum atomic E-state index is 11.9. The smallest absolute Gasteiger partial charge is 0.251 e. The lowest BCUT2D eigenvalue weighted by Gasteiger charge is -2.37. The topological polar surface area (TPSA) is 61.6 Å². The summed E-state index contributed by atoms with van der Waals surface area (Å²) in [7, 11) is 0. The second-order valence-corrected chi connectivity index (χ2v) is 5.94. The number of carbonyl (C=O) groups is 1. The number of nitrogen functional groups attached to an aromatic ring is 1. The predicted molar refractivity (Wildman–Crippen MR) is 99.7 cm³/mol. The van der Waals surface area contributed by atoms with E-state index in [1.807, 2.05) is 25.1 Å². The van der Waals surface area contributed by atoms with Gasteiger partial charge in [0.25, 0.3) is 5.91 Å². The highest BCUT2D eigenvalue weighted by molar-refractivity contribution is 5.96. The first-order chi connectivity index (χ1) is 11.7. The summed E-state index contributed by atoms with van der Waals surface area (Å²) in [5.41, 5.74) is 9.74. The molecule has 126 valence electrons. The SMILES string of the molecule is CCNC(=O)c1ccc(N2CCN(c3ccccc3)CC2)c(N)c1. The van der Waals surface area contributed by atoms with Crippen LogP contribution in [0.15, 0.2) is 48.5 Å². The normalized spacial score (nSPS) is 14.5. The molecule has 0 spiro atoms. The van der Waals surface area contributed by atoms with Crippen molar-refractivity contribution in [1.82, 2.24) is 5.32 Å². The molecule has 1 amide bonds. The maximum absolute atomic E-state index is 11.9. The molecule has 0 aliphatic carbocycles. The van der Waals surface area contributed by atoms with Crippen molar-refractivity contribution in [1.29, 1.82) is 0 Å². The number of nitrogens with zero attached hydrogens (tertiary/aromatic N) is 2. The molecular formula is C19H24N4O. The minimum Gasteiger partial charge on any atom is -0.397 e. The fourth-order valence-electron chi connectivity index (χ4n) is 3.09. The van der Waals surface area contributed by atoms with E-state index in [9.17, 15) is 4.79 Å². The van der Waals surface area contributed by atoms with E-state index in [0.717, 1.165) is 31.9 Å². The third-order valence-corrected chi connectivity index (χ3v) is 4.37. The number of nitrogens with one attached hydrogen (secondary N) is 1. The van der Waals surface area contributed by atoms with E-state index in [2.05, 4.69) is 39.4 Å². The van der Waals surface area contributed by atoms with Crippen molar-refractivity contribution in [2.24, 2.45) is 0 Å². The second kappa shape index (κ2) is 7.25. The zero-order chi connectivity index (χ0) is 16.9. The minimum atomic E-state index is -0.0790. The lowest BCUT2D eigenvalue weighted by Crippen LogP contribution is -2.46. The summed E-state index contributed by atoms with van der Waals surface area (Å²) in [6.07, 6.45) is 0. The van der Waals surface area contributed by atoms with Crippen molar-refractivity contribution < 1.29 is 4.79 Å². The van der Waals surface area contributed by atoms with E-state index in [0.29, 0.717) is 17.8 Å². The number of nitrogens with two attached hydrogens (primary N) is 1. The molecule has 1 aliphatic heterocycles. The summed E-state index contributed by atoms with van der Waals surface area (Å²) in [6, 6.07) is 16.0. The monoisotopic (exact) mass is 324 g/mol. The fourth-order valence-corrected chi connectivity index (χ4v) is 3.09. The second-order valence-electron chi connectivity index (χ2n) is 5.94. The van der Waals surface area contributed by atoms with Gasteiger partial charge in [-0.2, -0.15) is 0 Å². The van der Waals surface area contributed by atoms with Crippen LogP contribution < -0.4 is 20.9 Å². The standard InChI is InChI=1S/C19H24N4O/c1-2-21-19(24)15-8-9-18(17(20)14-15)23-12-10-22(11-13-23)16-6-4-3-5-7-16/h3-9,14H,2,10-13,20H2,1H3,(H,21,24). The number of amides is 1. The minimum absolute atomic E-state index is 0.0790. The molecule has 1 heterocycles. The van der Waals surface area contributed by atoms with Crippen LogP contribution in [0.4, 0.5) is 17.1 Å². The van der Waals surface area contributed by atoms with Crippen LogP contribution in [-0.2, 0) is 0 Å². The number of carbonyl (C=O) groups excluding carboxylic acids is 1. The third kappa shape index (κ3) is 3.45. The molecule has 1 saturated heterocycles. The highest BCUT2D eigenvalue weighted by Gasteiger charge is 2.19. The quantitative estimate of drug-likeness (QED) is 0.848. The number of benzene rings is 2. The molecule has 3 rings (SSSR count). The van der Waals surface area contributed by atoms with E-state index in [1.165, 1.54) is 5.69 Å². The average molecular weight is 324 g/mol. The van der Waals surface area contributed by atoms with Gasteiger partial charge in [0, 0.05) is 44.0 Å². The molecule has 24 heavy (non-hydrogen) atoms. The van der Waals surface area contributed by atoms with Gasteiger partial charge in [0.15, 0.2) is 0 Å². The first-order valence-corrected chi connectivity index (χ1v) is 8.41. The first-order valence-electron chi connectivity index (χ1n) is 8.41. The van der Waals surface area contributed by atoms with Crippen LogP contribution >= 0.6 is 0 Å². The molecule has 0 radical (unpaired) electrons. The van der Waals surface area contributed by atoms with Gasteiger partial charge in [-0.15, -0.1) is 0 Å². The van der Waals surface area contributed by atoms with Crippen LogP contribution in [-0.4, -0.2) is 38.6 Å². The highest BCUT2D eigenvalue weighted by atomic mass is 16.1. The van der Waals surface area contributed by atoms with Gasteiger partial charge in [0.05, 0.1) is 11.4 Å². The Hall–Kier alpha value is -2.69. The van der Waals surface area contributed by atoms with Gasteiger partial charge in [-0.3, -0.25) is 4.79 Å². The first kappa shape index (κ1) is 16.2. The Morgan fingerprint density at radius 3 is 2.33 bits per heavy atom. The number of hydrogen-bond donors (Lipinski definition) is 2. The Bertz CT molecular complexity index is 694. The largest absolute Gasteiger partial charge is 0.397 e. The summed E-state index contributed by atoms with van der Waals surface area (Å²) >= 11 is 0. The molecule has 0 aromatic heterocycles. The van der Waals surface area contributed by atoms with E-state index in [1.54, 1.807) is 6.07 Å². The van der Waals surface area contributed by atoms with Crippen LogP contribution in [0.3, 0.4) is 0 Å². The molecule has 5 heteroatoms.